The van der Waals surface area contributed by atoms with E-state index in [4.69, 9.17) is 4.74 Å². The zero-order valence-electron chi connectivity index (χ0n) is 13.2. The fourth-order valence-corrected chi connectivity index (χ4v) is 3.56. The summed E-state index contributed by atoms with van der Waals surface area (Å²) in [5, 5.41) is 0.450. The van der Waals surface area contributed by atoms with Gasteiger partial charge in [-0.05, 0) is 24.3 Å². The number of hydrogen-bond acceptors (Lipinski definition) is 5. The van der Waals surface area contributed by atoms with Crippen LogP contribution in [0.15, 0.2) is 16.8 Å². The van der Waals surface area contributed by atoms with Crippen molar-refractivity contribution >= 4 is 31.6 Å². The standard InChI is InChI=1S/C15H22N2O3S/c1-6-20-14(18)12-8-17-7-11(9(2)3)13(10(4)5)16-15(17)21(12)19/h7,9-10H,6,8H2,1-5H3. The molecule has 0 radical (unpaired) electrons. The van der Waals surface area contributed by atoms with Crippen LogP contribution in [0, 0.1) is 11.8 Å². The third-order valence-electron chi connectivity index (χ3n) is 3.43. The van der Waals surface area contributed by atoms with Crippen LogP contribution in [0.3, 0.4) is 0 Å². The Kier molecular flexibility index (Phi) is 4.56. The molecule has 0 spiro atoms. The van der Waals surface area contributed by atoms with Gasteiger partial charge in [0, 0.05) is 6.20 Å². The van der Waals surface area contributed by atoms with Crippen molar-refractivity contribution in [2.24, 2.45) is 16.8 Å². The molecule has 0 aliphatic carbocycles. The SMILES string of the molecule is CCOC(=O)C1=S(=O)=C2N=C(C(C)C)C(C(C)C)=CN2C1. The van der Waals surface area contributed by atoms with Crippen LogP contribution in [0.5, 0.6) is 0 Å². The molecule has 0 fully saturated rings. The van der Waals surface area contributed by atoms with Crippen molar-refractivity contribution in [2.75, 3.05) is 13.2 Å². The van der Waals surface area contributed by atoms with Gasteiger partial charge in [-0.2, -0.15) is 0 Å². The van der Waals surface area contributed by atoms with Gasteiger partial charge in [0.05, 0.1) is 28.8 Å². The van der Waals surface area contributed by atoms with Crippen molar-refractivity contribution in [3.63, 3.8) is 0 Å². The third-order valence-corrected chi connectivity index (χ3v) is 4.83. The van der Waals surface area contributed by atoms with E-state index < -0.39 is 15.9 Å². The molecule has 6 heteroatoms. The van der Waals surface area contributed by atoms with Crippen LogP contribution < -0.4 is 0 Å². The molecular weight excluding hydrogens is 288 g/mol. The number of hydrogen-bond donors (Lipinski definition) is 0. The molecule has 0 unspecified atom stereocenters. The van der Waals surface area contributed by atoms with Crippen LogP contribution in [0.1, 0.15) is 34.6 Å². The highest BCUT2D eigenvalue weighted by Crippen LogP contribution is 2.23. The van der Waals surface area contributed by atoms with Crippen LogP contribution in [-0.4, -0.2) is 43.9 Å². The summed E-state index contributed by atoms with van der Waals surface area (Å²) in [7, 11) is -1.52. The fourth-order valence-electron chi connectivity index (χ4n) is 2.36. The maximum Gasteiger partial charge on any atom is 0.348 e. The lowest BCUT2D eigenvalue weighted by atomic mass is 9.91. The fraction of sp³-hybridized carbons (Fsp3) is 0.600. The van der Waals surface area contributed by atoms with E-state index in [1.807, 2.05) is 11.1 Å². The Hall–Kier alpha value is -1.56. The van der Waals surface area contributed by atoms with E-state index >= 15 is 0 Å². The van der Waals surface area contributed by atoms with Crippen molar-refractivity contribution < 1.29 is 13.7 Å². The molecule has 0 aromatic heterocycles. The second-order valence-electron chi connectivity index (χ2n) is 5.71. The molecule has 0 saturated carbocycles. The Morgan fingerprint density at radius 1 is 1.38 bits per heavy atom. The zero-order valence-corrected chi connectivity index (χ0v) is 14.0. The zero-order chi connectivity index (χ0) is 15.7. The Balaban J connectivity index is 2.49. The summed E-state index contributed by atoms with van der Waals surface area (Å²) < 4.78 is 17.4. The molecule has 0 atom stereocenters. The second kappa shape index (κ2) is 6.05. The smallest absolute Gasteiger partial charge is 0.348 e. The van der Waals surface area contributed by atoms with E-state index in [0.717, 1.165) is 11.3 Å². The molecule has 0 saturated heterocycles. The number of esters is 1. The number of ether oxygens (including phenoxy) is 1. The molecule has 2 heterocycles. The van der Waals surface area contributed by atoms with E-state index in [2.05, 4.69) is 32.7 Å². The molecule has 0 aromatic carbocycles. The van der Waals surface area contributed by atoms with Gasteiger partial charge in [-0.15, -0.1) is 0 Å². The first-order chi connectivity index (χ1) is 9.86. The van der Waals surface area contributed by atoms with Crippen molar-refractivity contribution in [1.82, 2.24) is 4.90 Å². The van der Waals surface area contributed by atoms with Crippen LogP contribution in [0.2, 0.25) is 0 Å². The maximum absolute atomic E-state index is 12.5. The van der Waals surface area contributed by atoms with E-state index in [-0.39, 0.29) is 17.4 Å². The molecule has 0 amide bonds. The van der Waals surface area contributed by atoms with Gasteiger partial charge < -0.3 is 9.64 Å². The lowest BCUT2D eigenvalue weighted by molar-refractivity contribution is -0.134. The molecule has 2 rings (SSSR count). The summed E-state index contributed by atoms with van der Waals surface area (Å²) in [6, 6.07) is 0. The molecule has 0 bridgehead atoms. The largest absolute Gasteiger partial charge is 0.462 e. The van der Waals surface area contributed by atoms with Gasteiger partial charge in [0.25, 0.3) is 0 Å². The quantitative estimate of drug-likeness (QED) is 0.583. The van der Waals surface area contributed by atoms with Crippen LogP contribution in [0.25, 0.3) is 0 Å². The van der Waals surface area contributed by atoms with Gasteiger partial charge in [0.15, 0.2) is 0 Å². The average Bonchev–Trinajstić information content (AvgIpc) is 2.74. The van der Waals surface area contributed by atoms with Crippen molar-refractivity contribution in [1.29, 1.82) is 0 Å². The summed E-state index contributed by atoms with van der Waals surface area (Å²) in [6.45, 7) is 10.7. The summed E-state index contributed by atoms with van der Waals surface area (Å²) in [5.41, 5.74) is 2.09. The predicted molar refractivity (Wildman–Crippen MR) is 86.7 cm³/mol. The Labute approximate surface area is 127 Å². The van der Waals surface area contributed by atoms with Crippen molar-refractivity contribution in [2.45, 2.75) is 34.6 Å². The summed E-state index contributed by atoms with van der Waals surface area (Å²) in [5.74, 6) is 0.0863. The highest BCUT2D eigenvalue weighted by Gasteiger charge is 2.31. The van der Waals surface area contributed by atoms with Gasteiger partial charge in [-0.25, -0.2) is 14.0 Å². The highest BCUT2D eigenvalue weighted by molar-refractivity contribution is 7.86. The minimum Gasteiger partial charge on any atom is -0.462 e. The average molecular weight is 310 g/mol. The number of carbonyl (C=O) groups excluding carboxylic acids is 1. The van der Waals surface area contributed by atoms with Gasteiger partial charge in [-0.3, -0.25) is 0 Å². The molecule has 116 valence electrons. The monoisotopic (exact) mass is 310 g/mol. The number of carbonyl (C=O) groups is 1. The molecular formula is C15H22N2O3S. The lowest BCUT2D eigenvalue weighted by Crippen LogP contribution is -2.34. The van der Waals surface area contributed by atoms with Gasteiger partial charge >= 0.3 is 5.97 Å². The Morgan fingerprint density at radius 2 is 2.05 bits per heavy atom. The van der Waals surface area contributed by atoms with Gasteiger partial charge in [-0.1, -0.05) is 27.7 Å². The minimum atomic E-state index is -1.52. The lowest BCUT2D eigenvalue weighted by Gasteiger charge is -2.27. The Bertz CT molecular complexity index is 669. The van der Waals surface area contributed by atoms with Crippen molar-refractivity contribution in [3.8, 4) is 0 Å². The van der Waals surface area contributed by atoms with Gasteiger partial charge in [0.2, 0.25) is 5.11 Å². The number of aliphatic imine (C=N–C) groups is 1. The van der Waals surface area contributed by atoms with Gasteiger partial charge in [0.1, 0.15) is 4.86 Å². The molecule has 2 aliphatic heterocycles. The normalized spacial score (nSPS) is 18.2. The molecule has 0 N–H and O–H groups in total. The van der Waals surface area contributed by atoms with Crippen LogP contribution in [0.4, 0.5) is 0 Å². The molecule has 21 heavy (non-hydrogen) atoms. The van der Waals surface area contributed by atoms with Crippen LogP contribution >= 0.6 is 0 Å². The van der Waals surface area contributed by atoms with E-state index in [1.165, 1.54) is 0 Å². The first-order valence-corrected chi connectivity index (χ1v) is 8.40. The molecule has 5 nitrogen and oxygen atoms in total. The van der Waals surface area contributed by atoms with E-state index in [9.17, 15) is 9.00 Å². The van der Waals surface area contributed by atoms with Crippen LogP contribution in [-0.2, 0) is 19.5 Å². The maximum atomic E-state index is 12.5. The van der Waals surface area contributed by atoms with Crippen molar-refractivity contribution in [3.05, 3.63) is 11.8 Å². The summed E-state index contributed by atoms with van der Waals surface area (Å²) in [4.78, 5) is 18.5. The number of fused-ring (bicyclic) bond motifs is 1. The molecule has 0 aromatic rings. The first kappa shape index (κ1) is 15.8. The Morgan fingerprint density at radius 3 is 2.57 bits per heavy atom. The number of nitrogens with zero attached hydrogens (tertiary/aromatic N) is 2. The number of allylic oxidation sites excluding steroid dienone is 1. The van der Waals surface area contributed by atoms with E-state index in [0.29, 0.717) is 17.6 Å². The van der Waals surface area contributed by atoms with E-state index in [1.54, 1.807) is 6.92 Å². The first-order valence-electron chi connectivity index (χ1n) is 7.25. The summed E-state index contributed by atoms with van der Waals surface area (Å²) >= 11 is 0. The number of rotatable bonds is 4. The summed E-state index contributed by atoms with van der Waals surface area (Å²) in [6.07, 6.45) is 1.98. The third kappa shape index (κ3) is 2.90. The topological polar surface area (TPSA) is 59.0 Å². The predicted octanol–water partition coefficient (Wildman–Crippen LogP) is 1.52. The second-order valence-corrected chi connectivity index (χ2v) is 7.11. The molecule has 2 aliphatic rings. The highest BCUT2D eigenvalue weighted by atomic mass is 32.1. The minimum absolute atomic E-state index is 0.247.